The fourth-order valence-corrected chi connectivity index (χ4v) is 1.31. The van der Waals surface area contributed by atoms with Crippen LogP contribution in [0.25, 0.3) is 0 Å². The van der Waals surface area contributed by atoms with Crippen LogP contribution in [0.1, 0.15) is 19.8 Å². The molecule has 2 amide bonds. The molecular formula is C10H19N2O2S+. The van der Waals surface area contributed by atoms with Crippen molar-refractivity contribution in [2.75, 3.05) is 19.6 Å². The lowest BCUT2D eigenvalue weighted by molar-refractivity contribution is -0.130. The van der Waals surface area contributed by atoms with Gasteiger partial charge in [0.2, 0.25) is 5.91 Å². The number of hydrogen-bond acceptors (Lipinski definition) is 2. The smallest absolute Gasteiger partial charge is 0.339 e. The summed E-state index contributed by atoms with van der Waals surface area (Å²) in [5.41, 5.74) is 0. The molecule has 0 aromatic rings. The Labute approximate surface area is 96.1 Å². The molecule has 0 aliphatic rings. The molecule has 0 fully saturated rings. The Morgan fingerprint density at radius 3 is 2.67 bits per heavy atom. The lowest BCUT2D eigenvalue weighted by atomic mass is 10.3. The van der Waals surface area contributed by atoms with Crippen LogP contribution in [0.15, 0.2) is 12.7 Å². The van der Waals surface area contributed by atoms with Gasteiger partial charge in [0, 0.05) is 26.1 Å². The molecule has 86 valence electrons. The Morgan fingerprint density at radius 2 is 2.20 bits per heavy atom. The third-order valence-electron chi connectivity index (χ3n) is 1.82. The average molecular weight is 231 g/mol. The number of nitrogens with one attached hydrogen (secondary N) is 1. The zero-order valence-electron chi connectivity index (χ0n) is 9.08. The van der Waals surface area contributed by atoms with Crippen molar-refractivity contribution in [1.82, 2.24) is 10.2 Å². The van der Waals surface area contributed by atoms with E-state index in [2.05, 4.69) is 24.5 Å². The van der Waals surface area contributed by atoms with E-state index in [9.17, 15) is 9.59 Å². The summed E-state index contributed by atoms with van der Waals surface area (Å²) in [6.07, 6.45) is 2.95. The predicted molar refractivity (Wildman–Crippen MR) is 65.2 cm³/mol. The number of nitrogens with zero attached hydrogens (tertiary/aromatic N) is 1. The normalized spacial score (nSPS) is 9.47. The van der Waals surface area contributed by atoms with Gasteiger partial charge in [0.1, 0.15) is 0 Å². The van der Waals surface area contributed by atoms with Crippen LogP contribution in [0.3, 0.4) is 0 Å². The van der Waals surface area contributed by atoms with Gasteiger partial charge in [-0.15, -0.1) is 6.58 Å². The molecule has 0 saturated heterocycles. The predicted octanol–water partition coefficient (Wildman–Crippen LogP) is 0.522. The van der Waals surface area contributed by atoms with Crippen LogP contribution < -0.4 is 5.32 Å². The van der Waals surface area contributed by atoms with Gasteiger partial charge in [-0.25, -0.2) is 4.79 Å². The standard InChI is InChI=1S/C10H18N2O2S/c1-3-7-12(8-4-2)9(13)5-6-11-10(14)15/h3H,1,4-8H2,2H3,(H2,11,14,15)/p+1. The van der Waals surface area contributed by atoms with Crippen molar-refractivity contribution >= 4 is 23.8 Å². The first-order valence-corrected chi connectivity index (χ1v) is 5.50. The van der Waals surface area contributed by atoms with Crippen molar-refractivity contribution in [2.24, 2.45) is 0 Å². The molecule has 0 aromatic heterocycles. The number of carbonyl (C=O) groups is 2. The molecule has 0 heterocycles. The van der Waals surface area contributed by atoms with Crippen LogP contribution in [0.4, 0.5) is 4.79 Å². The molecule has 0 saturated carbocycles. The first-order valence-electron chi connectivity index (χ1n) is 5.00. The molecule has 0 rings (SSSR count). The molecule has 5 heteroatoms. The van der Waals surface area contributed by atoms with E-state index < -0.39 is 0 Å². The fourth-order valence-electron chi connectivity index (χ4n) is 1.18. The number of rotatable bonds is 7. The lowest BCUT2D eigenvalue weighted by Crippen LogP contribution is -2.34. The minimum Gasteiger partial charge on any atom is -0.339 e. The highest BCUT2D eigenvalue weighted by Gasteiger charge is 2.11. The van der Waals surface area contributed by atoms with Crippen molar-refractivity contribution < 1.29 is 9.59 Å². The molecule has 0 atom stereocenters. The molecule has 4 nitrogen and oxygen atoms in total. The Bertz CT molecular complexity index is 231. The molecule has 0 radical (unpaired) electrons. The number of carbonyl (C=O) groups excluding carboxylic acids is 2. The van der Waals surface area contributed by atoms with E-state index in [1.165, 1.54) is 0 Å². The zero-order chi connectivity index (χ0) is 11.7. The van der Waals surface area contributed by atoms with Gasteiger partial charge < -0.3 is 10.2 Å². The minimum absolute atomic E-state index is 0.0390. The van der Waals surface area contributed by atoms with Gasteiger partial charge in [-0.1, -0.05) is 13.0 Å². The quantitative estimate of drug-likeness (QED) is 0.513. The summed E-state index contributed by atoms with van der Waals surface area (Å²) >= 11 is 2.78. The van der Waals surface area contributed by atoms with Crippen molar-refractivity contribution in [3.05, 3.63) is 12.7 Å². The van der Waals surface area contributed by atoms with E-state index in [1.807, 2.05) is 6.92 Å². The lowest BCUT2D eigenvalue weighted by Gasteiger charge is -2.20. The zero-order valence-corrected chi connectivity index (χ0v) is 10.1. The second kappa shape index (κ2) is 8.35. The summed E-state index contributed by atoms with van der Waals surface area (Å²) < 4.78 is 0. The molecule has 0 unspecified atom stereocenters. The molecule has 0 aliphatic heterocycles. The van der Waals surface area contributed by atoms with Gasteiger partial charge in [0.15, 0.2) is 0 Å². The summed E-state index contributed by atoms with van der Waals surface area (Å²) in [7, 11) is 0. The first-order chi connectivity index (χ1) is 7.11. The molecule has 15 heavy (non-hydrogen) atoms. The van der Waals surface area contributed by atoms with Crippen molar-refractivity contribution in [3.63, 3.8) is 0 Å². The molecule has 0 spiro atoms. The second-order valence-corrected chi connectivity index (χ2v) is 3.59. The summed E-state index contributed by atoms with van der Waals surface area (Å²) in [6, 6.07) is 0. The average Bonchev–Trinajstić information content (AvgIpc) is 2.16. The van der Waals surface area contributed by atoms with Crippen molar-refractivity contribution in [3.8, 4) is 0 Å². The molecule has 0 aliphatic carbocycles. The van der Waals surface area contributed by atoms with E-state index in [-0.39, 0.29) is 11.1 Å². The van der Waals surface area contributed by atoms with Crippen molar-refractivity contribution in [2.45, 2.75) is 19.8 Å². The molecule has 0 aromatic carbocycles. The molecule has 1 N–H and O–H groups in total. The van der Waals surface area contributed by atoms with Crippen LogP contribution in [0.2, 0.25) is 0 Å². The van der Waals surface area contributed by atoms with Gasteiger partial charge >= 0.3 is 5.24 Å². The SMILES string of the molecule is C=CCN(CCC)C(=O)CCNC(=O)[SH2+]. The summed E-state index contributed by atoms with van der Waals surface area (Å²) in [4.78, 5) is 23.9. The summed E-state index contributed by atoms with van der Waals surface area (Å²) in [6.45, 7) is 7.27. The first kappa shape index (κ1) is 14.0. The van der Waals surface area contributed by atoms with Crippen LogP contribution in [-0.2, 0) is 17.4 Å². The van der Waals surface area contributed by atoms with E-state index in [0.29, 0.717) is 19.5 Å². The van der Waals surface area contributed by atoms with Gasteiger partial charge in [-0.2, -0.15) is 0 Å². The third kappa shape index (κ3) is 7.02. The second-order valence-electron chi connectivity index (χ2n) is 3.13. The monoisotopic (exact) mass is 231 g/mol. The van der Waals surface area contributed by atoms with Gasteiger partial charge in [0.25, 0.3) is 0 Å². The topological polar surface area (TPSA) is 49.4 Å². The molecule has 0 bridgehead atoms. The van der Waals surface area contributed by atoms with E-state index in [1.54, 1.807) is 11.0 Å². The molecular weight excluding hydrogens is 212 g/mol. The highest BCUT2D eigenvalue weighted by Crippen LogP contribution is 1.96. The Kier molecular flexibility index (Phi) is 7.81. The van der Waals surface area contributed by atoms with Crippen LogP contribution in [-0.4, -0.2) is 35.7 Å². The van der Waals surface area contributed by atoms with Crippen LogP contribution in [0.5, 0.6) is 0 Å². The van der Waals surface area contributed by atoms with Crippen LogP contribution >= 0.6 is 0 Å². The Morgan fingerprint density at radius 1 is 1.53 bits per heavy atom. The Hall–Kier alpha value is -0.970. The van der Waals surface area contributed by atoms with E-state index in [0.717, 1.165) is 13.0 Å². The summed E-state index contributed by atoms with van der Waals surface area (Å²) in [5.74, 6) is 0.0390. The highest BCUT2D eigenvalue weighted by molar-refractivity contribution is 7.76. The maximum Gasteiger partial charge on any atom is 0.424 e. The van der Waals surface area contributed by atoms with Crippen molar-refractivity contribution in [1.29, 1.82) is 0 Å². The summed E-state index contributed by atoms with van der Waals surface area (Å²) in [5, 5.41) is 2.22. The maximum atomic E-state index is 11.6. The fraction of sp³-hybridized carbons (Fsp3) is 0.600. The largest absolute Gasteiger partial charge is 0.424 e. The maximum absolute atomic E-state index is 11.6. The third-order valence-corrected chi connectivity index (χ3v) is 2.00. The Balaban J connectivity index is 3.90. The van der Waals surface area contributed by atoms with Gasteiger partial charge in [-0.05, 0) is 6.42 Å². The highest BCUT2D eigenvalue weighted by atomic mass is 32.1. The van der Waals surface area contributed by atoms with E-state index in [4.69, 9.17) is 0 Å². The van der Waals surface area contributed by atoms with E-state index >= 15 is 0 Å². The number of amides is 2. The van der Waals surface area contributed by atoms with Gasteiger partial charge in [-0.3, -0.25) is 4.79 Å². The van der Waals surface area contributed by atoms with Gasteiger partial charge in [0.05, 0.1) is 12.6 Å². The number of hydrogen-bond donors (Lipinski definition) is 1. The minimum atomic E-state index is -0.298. The van der Waals surface area contributed by atoms with Crippen LogP contribution in [0, 0.1) is 0 Å².